The highest BCUT2D eigenvalue weighted by atomic mass is 35.5. The quantitative estimate of drug-likeness (QED) is 0.624. The first-order valence-corrected chi connectivity index (χ1v) is 6.80. The Morgan fingerprint density at radius 2 is 1.68 bits per heavy atom. The van der Waals surface area contributed by atoms with Crippen LogP contribution in [-0.2, 0) is 6.42 Å². The van der Waals surface area contributed by atoms with Crippen molar-refractivity contribution in [3.63, 3.8) is 0 Å². The second-order valence-electron chi connectivity index (χ2n) is 4.56. The minimum Gasteiger partial charge on any atom is -0.261 e. The smallest absolute Gasteiger partial charge is 0.0646 e. The highest BCUT2D eigenvalue weighted by Crippen LogP contribution is 2.30. The SMILES string of the molecule is ClC(Cc1ccccn1)c1cccc2ccccc12. The van der Waals surface area contributed by atoms with Crippen molar-refractivity contribution in [1.82, 2.24) is 4.98 Å². The first-order valence-electron chi connectivity index (χ1n) is 6.36. The fourth-order valence-corrected chi connectivity index (χ4v) is 2.68. The summed E-state index contributed by atoms with van der Waals surface area (Å²) >= 11 is 6.58. The Hall–Kier alpha value is -1.86. The van der Waals surface area contributed by atoms with Gasteiger partial charge in [0.05, 0.1) is 5.38 Å². The Labute approximate surface area is 117 Å². The molecule has 0 aliphatic rings. The van der Waals surface area contributed by atoms with Gasteiger partial charge in [0, 0.05) is 18.3 Å². The number of nitrogens with zero attached hydrogens (tertiary/aromatic N) is 1. The average Bonchev–Trinajstić information content (AvgIpc) is 2.47. The van der Waals surface area contributed by atoms with E-state index in [-0.39, 0.29) is 5.38 Å². The summed E-state index contributed by atoms with van der Waals surface area (Å²) in [5.74, 6) is 0. The first kappa shape index (κ1) is 12.2. The normalized spacial score (nSPS) is 12.5. The van der Waals surface area contributed by atoms with Gasteiger partial charge in [0.1, 0.15) is 0 Å². The maximum atomic E-state index is 6.58. The van der Waals surface area contributed by atoms with E-state index in [1.54, 1.807) is 0 Å². The van der Waals surface area contributed by atoms with Crippen molar-refractivity contribution in [2.45, 2.75) is 11.8 Å². The Morgan fingerprint density at radius 1 is 0.895 bits per heavy atom. The van der Waals surface area contributed by atoms with E-state index in [0.717, 1.165) is 12.1 Å². The number of hydrogen-bond acceptors (Lipinski definition) is 1. The van der Waals surface area contributed by atoms with Gasteiger partial charge in [0.2, 0.25) is 0 Å². The van der Waals surface area contributed by atoms with Crippen LogP contribution in [0.4, 0.5) is 0 Å². The minimum absolute atomic E-state index is 0.0546. The zero-order valence-electron chi connectivity index (χ0n) is 10.5. The highest BCUT2D eigenvalue weighted by Gasteiger charge is 2.12. The summed E-state index contributed by atoms with van der Waals surface area (Å²) in [4.78, 5) is 4.34. The molecule has 1 heterocycles. The number of alkyl halides is 1. The molecule has 94 valence electrons. The van der Waals surface area contributed by atoms with Gasteiger partial charge in [-0.2, -0.15) is 0 Å². The molecular weight excluding hydrogens is 254 g/mol. The summed E-state index contributed by atoms with van der Waals surface area (Å²) in [6, 6.07) is 20.5. The van der Waals surface area contributed by atoms with Crippen molar-refractivity contribution in [1.29, 1.82) is 0 Å². The van der Waals surface area contributed by atoms with Gasteiger partial charge in [-0.3, -0.25) is 4.98 Å². The summed E-state index contributed by atoms with van der Waals surface area (Å²) in [5, 5.41) is 2.40. The Kier molecular flexibility index (Phi) is 3.47. The minimum atomic E-state index is -0.0546. The van der Waals surface area contributed by atoms with Crippen molar-refractivity contribution < 1.29 is 0 Å². The van der Waals surface area contributed by atoms with Crippen LogP contribution in [0.1, 0.15) is 16.6 Å². The van der Waals surface area contributed by atoms with Crippen LogP contribution in [0.2, 0.25) is 0 Å². The topological polar surface area (TPSA) is 12.9 Å². The van der Waals surface area contributed by atoms with Crippen LogP contribution in [0.25, 0.3) is 10.8 Å². The molecule has 0 aliphatic heterocycles. The molecule has 1 nitrogen and oxygen atoms in total. The number of rotatable bonds is 3. The van der Waals surface area contributed by atoms with E-state index >= 15 is 0 Å². The first-order chi connectivity index (χ1) is 9.34. The fraction of sp³-hybridized carbons (Fsp3) is 0.118. The largest absolute Gasteiger partial charge is 0.261 e. The van der Waals surface area contributed by atoms with Gasteiger partial charge < -0.3 is 0 Å². The Morgan fingerprint density at radius 3 is 2.53 bits per heavy atom. The predicted molar refractivity (Wildman–Crippen MR) is 80.5 cm³/mol. The van der Waals surface area contributed by atoms with Crippen LogP contribution < -0.4 is 0 Å². The van der Waals surface area contributed by atoms with Gasteiger partial charge in [-0.1, -0.05) is 48.5 Å². The highest BCUT2D eigenvalue weighted by molar-refractivity contribution is 6.22. The molecule has 0 bridgehead atoms. The molecule has 2 heteroatoms. The second-order valence-corrected chi connectivity index (χ2v) is 5.09. The van der Waals surface area contributed by atoms with Crippen LogP contribution >= 0.6 is 11.6 Å². The number of fused-ring (bicyclic) bond motifs is 1. The lowest BCUT2D eigenvalue weighted by Crippen LogP contribution is -1.98. The van der Waals surface area contributed by atoms with E-state index in [4.69, 9.17) is 11.6 Å². The lowest BCUT2D eigenvalue weighted by molar-refractivity contribution is 0.887. The molecule has 3 aromatic rings. The fourth-order valence-electron chi connectivity index (χ4n) is 2.34. The van der Waals surface area contributed by atoms with Crippen LogP contribution in [0.5, 0.6) is 0 Å². The zero-order valence-corrected chi connectivity index (χ0v) is 11.2. The number of halogens is 1. The lowest BCUT2D eigenvalue weighted by atomic mass is 9.99. The molecule has 0 amide bonds. The average molecular weight is 268 g/mol. The molecule has 0 N–H and O–H groups in total. The summed E-state index contributed by atoms with van der Waals surface area (Å²) in [6.45, 7) is 0. The number of aromatic nitrogens is 1. The molecule has 1 atom stereocenters. The van der Waals surface area contributed by atoms with E-state index in [2.05, 4.69) is 41.4 Å². The van der Waals surface area contributed by atoms with Gasteiger partial charge in [0.25, 0.3) is 0 Å². The lowest BCUT2D eigenvalue weighted by Gasteiger charge is -2.12. The van der Waals surface area contributed by atoms with Gasteiger partial charge in [-0.15, -0.1) is 11.6 Å². The number of hydrogen-bond donors (Lipinski definition) is 0. The van der Waals surface area contributed by atoms with Crippen LogP contribution in [0.3, 0.4) is 0 Å². The summed E-state index contributed by atoms with van der Waals surface area (Å²) in [6.07, 6.45) is 2.55. The standard InChI is InChI=1S/C17H14ClN/c18-17(12-14-8-3-4-11-19-14)16-10-5-7-13-6-1-2-9-15(13)16/h1-11,17H,12H2. The maximum Gasteiger partial charge on any atom is 0.0646 e. The van der Waals surface area contributed by atoms with Gasteiger partial charge >= 0.3 is 0 Å². The third-order valence-corrected chi connectivity index (χ3v) is 3.66. The molecule has 0 aliphatic carbocycles. The van der Waals surface area contributed by atoms with E-state index in [9.17, 15) is 0 Å². The second kappa shape index (κ2) is 5.41. The Bertz CT molecular complexity index is 674. The predicted octanol–water partition coefficient (Wildman–Crippen LogP) is 4.76. The van der Waals surface area contributed by atoms with Gasteiger partial charge in [0.15, 0.2) is 0 Å². The zero-order chi connectivity index (χ0) is 13.1. The van der Waals surface area contributed by atoms with Crippen molar-refractivity contribution >= 4 is 22.4 Å². The third kappa shape index (κ3) is 2.61. The molecule has 0 fully saturated rings. The molecule has 2 aromatic carbocycles. The van der Waals surface area contributed by atoms with E-state index in [1.165, 1.54) is 16.3 Å². The molecular formula is C17H14ClN. The van der Waals surface area contributed by atoms with Crippen molar-refractivity contribution in [2.75, 3.05) is 0 Å². The molecule has 0 saturated carbocycles. The monoisotopic (exact) mass is 267 g/mol. The van der Waals surface area contributed by atoms with Crippen molar-refractivity contribution in [2.24, 2.45) is 0 Å². The molecule has 1 unspecified atom stereocenters. The molecule has 0 spiro atoms. The Balaban J connectivity index is 1.96. The molecule has 0 radical (unpaired) electrons. The van der Waals surface area contributed by atoms with Crippen LogP contribution in [-0.4, -0.2) is 4.98 Å². The third-order valence-electron chi connectivity index (χ3n) is 3.28. The van der Waals surface area contributed by atoms with E-state index in [0.29, 0.717) is 0 Å². The summed E-state index contributed by atoms with van der Waals surface area (Å²) in [7, 11) is 0. The summed E-state index contributed by atoms with van der Waals surface area (Å²) < 4.78 is 0. The van der Waals surface area contributed by atoms with Crippen LogP contribution in [0, 0.1) is 0 Å². The van der Waals surface area contributed by atoms with E-state index < -0.39 is 0 Å². The van der Waals surface area contributed by atoms with Gasteiger partial charge in [-0.25, -0.2) is 0 Å². The van der Waals surface area contributed by atoms with Crippen LogP contribution in [0.15, 0.2) is 66.9 Å². The van der Waals surface area contributed by atoms with Crippen molar-refractivity contribution in [3.8, 4) is 0 Å². The van der Waals surface area contributed by atoms with Crippen molar-refractivity contribution in [3.05, 3.63) is 78.1 Å². The number of pyridine rings is 1. The summed E-state index contributed by atoms with van der Waals surface area (Å²) in [5.41, 5.74) is 2.20. The van der Waals surface area contributed by atoms with Gasteiger partial charge in [-0.05, 0) is 28.5 Å². The molecule has 1 aromatic heterocycles. The molecule has 19 heavy (non-hydrogen) atoms. The van der Waals surface area contributed by atoms with E-state index in [1.807, 2.05) is 30.5 Å². The maximum absolute atomic E-state index is 6.58. The molecule has 0 saturated heterocycles. The number of benzene rings is 2. The molecule has 3 rings (SSSR count).